The van der Waals surface area contributed by atoms with Crippen LogP contribution in [-0.4, -0.2) is 29.7 Å². The van der Waals surface area contributed by atoms with Crippen LogP contribution < -0.4 is 20.3 Å². The summed E-state index contributed by atoms with van der Waals surface area (Å²) in [6, 6.07) is 11.5. The Morgan fingerprint density at radius 2 is 1.84 bits per heavy atom. The molecule has 2 heterocycles. The monoisotopic (exact) mass is 455 g/mol. The second-order valence-corrected chi connectivity index (χ2v) is 8.30. The zero-order chi connectivity index (χ0) is 22.8. The number of hydrogen-bond acceptors (Lipinski definition) is 6. The molecule has 1 amide bonds. The Labute approximate surface area is 188 Å². The van der Waals surface area contributed by atoms with E-state index in [4.69, 9.17) is 9.47 Å². The highest BCUT2D eigenvalue weighted by molar-refractivity contribution is 7.98. The Morgan fingerprint density at radius 1 is 1.12 bits per heavy atom. The number of carbonyl (C=O) groups excluding carboxylic acids is 1. The Hall–Kier alpha value is -3.33. The number of carbonyl (C=O) groups is 1. The summed E-state index contributed by atoms with van der Waals surface area (Å²) in [5.74, 6) is 1.08. The molecule has 0 saturated heterocycles. The minimum absolute atomic E-state index is 0.126. The highest BCUT2D eigenvalue weighted by Crippen LogP contribution is 2.39. The zero-order valence-electron chi connectivity index (χ0n) is 17.8. The van der Waals surface area contributed by atoms with E-state index in [2.05, 4.69) is 10.3 Å². The van der Waals surface area contributed by atoms with E-state index in [0.29, 0.717) is 33.8 Å². The lowest BCUT2D eigenvalue weighted by Gasteiger charge is -2.28. The van der Waals surface area contributed by atoms with E-state index < -0.39 is 5.92 Å². The molecule has 7 nitrogen and oxygen atoms in total. The molecule has 166 valence electrons. The van der Waals surface area contributed by atoms with E-state index in [1.54, 1.807) is 43.0 Å². The largest absolute Gasteiger partial charge is 0.493 e. The van der Waals surface area contributed by atoms with Crippen LogP contribution in [0.15, 0.2) is 52.4 Å². The molecule has 0 fully saturated rings. The number of anilines is 1. The molecular weight excluding hydrogens is 433 g/mol. The van der Waals surface area contributed by atoms with E-state index in [1.807, 2.05) is 6.07 Å². The lowest BCUT2D eigenvalue weighted by atomic mass is 9.86. The van der Waals surface area contributed by atoms with Crippen molar-refractivity contribution in [3.8, 4) is 11.5 Å². The molecule has 0 spiro atoms. The van der Waals surface area contributed by atoms with Crippen LogP contribution >= 0.6 is 11.8 Å². The van der Waals surface area contributed by atoms with Gasteiger partial charge in [-0.15, -0.1) is 0 Å². The molecule has 0 saturated carbocycles. The quantitative estimate of drug-likeness (QED) is 0.451. The Balaban J connectivity index is 1.71. The van der Waals surface area contributed by atoms with Crippen molar-refractivity contribution in [2.45, 2.75) is 23.2 Å². The fraction of sp³-hybridized carbons (Fsp3) is 0.261. The second-order valence-electron chi connectivity index (χ2n) is 7.36. The number of aromatic nitrogens is 2. The number of ether oxygens (including phenoxy) is 2. The molecule has 0 bridgehead atoms. The number of rotatable bonds is 6. The first-order valence-corrected chi connectivity index (χ1v) is 10.9. The molecule has 1 aromatic heterocycles. The average Bonchev–Trinajstić information content (AvgIpc) is 2.80. The first kappa shape index (κ1) is 21.9. The van der Waals surface area contributed by atoms with Crippen molar-refractivity contribution in [1.82, 2.24) is 9.55 Å². The van der Waals surface area contributed by atoms with Crippen LogP contribution in [0.1, 0.15) is 29.0 Å². The van der Waals surface area contributed by atoms with Gasteiger partial charge in [0.05, 0.1) is 19.8 Å². The first-order valence-electron chi connectivity index (χ1n) is 9.91. The van der Waals surface area contributed by atoms with Gasteiger partial charge in [0.1, 0.15) is 11.6 Å². The third-order valence-electron chi connectivity index (χ3n) is 5.39. The summed E-state index contributed by atoms with van der Waals surface area (Å²) >= 11 is 1.34. The maximum Gasteiger partial charge on any atom is 0.279 e. The van der Waals surface area contributed by atoms with Crippen molar-refractivity contribution >= 4 is 23.5 Å². The van der Waals surface area contributed by atoms with Gasteiger partial charge in [-0.05, 0) is 35.4 Å². The van der Waals surface area contributed by atoms with Crippen LogP contribution in [0, 0.1) is 5.82 Å². The summed E-state index contributed by atoms with van der Waals surface area (Å²) in [5, 5.41) is 3.30. The molecule has 1 unspecified atom stereocenters. The number of fused-ring (bicyclic) bond motifs is 1. The second kappa shape index (κ2) is 9.04. The van der Waals surface area contributed by atoms with E-state index in [0.717, 1.165) is 11.1 Å². The topological polar surface area (TPSA) is 82.5 Å². The molecule has 1 aliphatic rings. The maximum absolute atomic E-state index is 13.1. The Kier molecular flexibility index (Phi) is 6.18. The maximum atomic E-state index is 13.1. The SMILES string of the molecule is COc1ccc(C2CC(=O)Nc3c2c(=O)nc(SCc2ccc(F)cc2)n3C)cc1OC. The normalized spacial score (nSPS) is 15.1. The summed E-state index contributed by atoms with van der Waals surface area (Å²) in [6.45, 7) is 0. The summed E-state index contributed by atoms with van der Waals surface area (Å²) in [5.41, 5.74) is 1.71. The summed E-state index contributed by atoms with van der Waals surface area (Å²) < 4.78 is 25.5. The van der Waals surface area contributed by atoms with Gasteiger partial charge in [-0.3, -0.25) is 9.59 Å². The van der Waals surface area contributed by atoms with Crippen molar-refractivity contribution in [1.29, 1.82) is 0 Å². The molecule has 9 heteroatoms. The molecular formula is C23H22FN3O4S. The smallest absolute Gasteiger partial charge is 0.279 e. The van der Waals surface area contributed by atoms with Crippen molar-refractivity contribution in [2.24, 2.45) is 7.05 Å². The number of nitrogens with one attached hydrogen (secondary N) is 1. The van der Waals surface area contributed by atoms with Crippen molar-refractivity contribution < 1.29 is 18.7 Å². The average molecular weight is 456 g/mol. The van der Waals surface area contributed by atoms with Gasteiger partial charge in [0, 0.05) is 25.1 Å². The van der Waals surface area contributed by atoms with Gasteiger partial charge in [-0.25, -0.2) is 4.39 Å². The van der Waals surface area contributed by atoms with Gasteiger partial charge in [-0.2, -0.15) is 4.98 Å². The Morgan fingerprint density at radius 3 is 2.53 bits per heavy atom. The highest BCUT2D eigenvalue weighted by Gasteiger charge is 2.32. The minimum atomic E-state index is -0.457. The third kappa shape index (κ3) is 4.20. The number of hydrogen-bond donors (Lipinski definition) is 1. The van der Waals surface area contributed by atoms with Crippen molar-refractivity contribution in [3.05, 3.63) is 75.3 Å². The van der Waals surface area contributed by atoms with E-state index in [-0.39, 0.29) is 23.7 Å². The molecule has 32 heavy (non-hydrogen) atoms. The van der Waals surface area contributed by atoms with Gasteiger partial charge in [0.2, 0.25) is 5.91 Å². The molecule has 4 rings (SSSR count). The number of benzene rings is 2. The molecule has 0 aliphatic carbocycles. The van der Waals surface area contributed by atoms with Crippen LogP contribution in [0.4, 0.5) is 10.2 Å². The lowest BCUT2D eigenvalue weighted by molar-refractivity contribution is -0.116. The number of methoxy groups -OCH3 is 2. The van der Waals surface area contributed by atoms with Crippen molar-refractivity contribution in [3.63, 3.8) is 0 Å². The number of amides is 1. The molecule has 3 aromatic rings. The van der Waals surface area contributed by atoms with Crippen LogP contribution in [-0.2, 0) is 17.6 Å². The standard InChI is InChI=1S/C23H22FN3O4S/c1-27-21-20(22(29)26-23(27)32-12-13-4-7-15(24)8-5-13)16(11-19(28)25-21)14-6-9-17(30-2)18(10-14)31-3/h4-10,16H,11-12H2,1-3H3,(H,25,28). The van der Waals surface area contributed by atoms with E-state index in [9.17, 15) is 14.0 Å². The van der Waals surface area contributed by atoms with Crippen LogP contribution in [0.5, 0.6) is 11.5 Å². The van der Waals surface area contributed by atoms with Crippen LogP contribution in [0.2, 0.25) is 0 Å². The predicted molar refractivity (Wildman–Crippen MR) is 120 cm³/mol. The first-order chi connectivity index (χ1) is 15.4. The zero-order valence-corrected chi connectivity index (χ0v) is 18.7. The van der Waals surface area contributed by atoms with E-state index in [1.165, 1.54) is 31.0 Å². The molecule has 0 radical (unpaired) electrons. The predicted octanol–water partition coefficient (Wildman–Crippen LogP) is 3.70. The number of halogens is 1. The van der Waals surface area contributed by atoms with Gasteiger partial charge >= 0.3 is 0 Å². The van der Waals surface area contributed by atoms with Gasteiger partial charge < -0.3 is 19.4 Å². The molecule has 1 atom stereocenters. The fourth-order valence-corrected chi connectivity index (χ4v) is 4.67. The van der Waals surface area contributed by atoms with Gasteiger partial charge in [-0.1, -0.05) is 30.0 Å². The van der Waals surface area contributed by atoms with E-state index >= 15 is 0 Å². The van der Waals surface area contributed by atoms with Gasteiger partial charge in [0.25, 0.3) is 5.56 Å². The van der Waals surface area contributed by atoms with Crippen LogP contribution in [0.25, 0.3) is 0 Å². The van der Waals surface area contributed by atoms with Crippen LogP contribution in [0.3, 0.4) is 0 Å². The Bertz CT molecular complexity index is 1230. The molecule has 2 aromatic carbocycles. The lowest BCUT2D eigenvalue weighted by Crippen LogP contribution is -2.33. The molecule has 1 N–H and O–H groups in total. The summed E-state index contributed by atoms with van der Waals surface area (Å²) in [4.78, 5) is 29.9. The number of nitrogens with zero attached hydrogens (tertiary/aromatic N) is 2. The molecule has 1 aliphatic heterocycles. The third-order valence-corrected chi connectivity index (χ3v) is 6.49. The summed E-state index contributed by atoms with van der Waals surface area (Å²) in [7, 11) is 4.84. The fourth-order valence-electron chi connectivity index (χ4n) is 3.75. The minimum Gasteiger partial charge on any atom is -0.493 e. The number of thioether (sulfide) groups is 1. The summed E-state index contributed by atoms with van der Waals surface area (Å²) in [6.07, 6.45) is 0.126. The van der Waals surface area contributed by atoms with Crippen molar-refractivity contribution in [2.75, 3.05) is 19.5 Å². The van der Waals surface area contributed by atoms with Gasteiger partial charge in [0.15, 0.2) is 16.7 Å². The highest BCUT2D eigenvalue weighted by atomic mass is 32.2.